The van der Waals surface area contributed by atoms with Gasteiger partial charge in [-0.05, 0) is 91.9 Å². The van der Waals surface area contributed by atoms with Crippen LogP contribution in [0, 0.1) is 29.6 Å². The fourth-order valence-electron chi connectivity index (χ4n) is 7.24. The molecule has 0 saturated heterocycles. The molecule has 2 fully saturated rings. The average Bonchev–Trinajstić information content (AvgIpc) is 3.06. The van der Waals surface area contributed by atoms with Crippen LogP contribution in [0.3, 0.4) is 0 Å². The molecular weight excluding hydrogens is 356 g/mol. The second kappa shape index (κ2) is 7.15. The highest BCUT2D eigenvalue weighted by atomic mass is 16.5. The van der Waals surface area contributed by atoms with Crippen LogP contribution in [0.5, 0.6) is 0 Å². The number of aliphatic hydroxyl groups is 1. The predicted octanol–water partition coefficient (Wildman–Crippen LogP) is 5.23. The Labute approximate surface area is 175 Å². The second-order valence-corrected chi connectivity index (χ2v) is 9.60. The molecule has 0 amide bonds. The number of hydrogen-bond donors (Lipinski definition) is 1. The van der Waals surface area contributed by atoms with Crippen LogP contribution in [0.25, 0.3) is 0 Å². The van der Waals surface area contributed by atoms with Crippen molar-refractivity contribution in [2.24, 2.45) is 17.3 Å². The molecule has 0 heterocycles. The topological polar surface area (TPSA) is 29.5 Å². The van der Waals surface area contributed by atoms with E-state index in [4.69, 9.17) is 11.2 Å². The van der Waals surface area contributed by atoms with Gasteiger partial charge in [0.1, 0.15) is 5.60 Å². The third kappa shape index (κ3) is 2.78. The fourth-order valence-corrected chi connectivity index (χ4v) is 7.24. The maximum atomic E-state index is 11.7. The Bertz CT molecular complexity index is 889. The largest absolute Gasteiger partial charge is 0.377 e. The van der Waals surface area contributed by atoms with Gasteiger partial charge >= 0.3 is 0 Å². The van der Waals surface area contributed by atoms with E-state index in [9.17, 15) is 5.11 Å². The summed E-state index contributed by atoms with van der Waals surface area (Å²) < 4.78 is 6.15. The van der Waals surface area contributed by atoms with Crippen LogP contribution in [0.4, 0.5) is 0 Å². The Morgan fingerprint density at radius 1 is 1.21 bits per heavy atom. The summed E-state index contributed by atoms with van der Waals surface area (Å²) in [7, 11) is 1.84. The highest BCUT2D eigenvalue weighted by Gasteiger charge is 2.64. The van der Waals surface area contributed by atoms with Crippen LogP contribution in [-0.4, -0.2) is 23.9 Å². The number of rotatable bonds is 3. The van der Waals surface area contributed by atoms with Crippen molar-refractivity contribution in [3.63, 3.8) is 0 Å². The van der Waals surface area contributed by atoms with Crippen molar-refractivity contribution in [2.45, 2.75) is 69.5 Å². The molecule has 1 N–H and O–H groups in total. The van der Waals surface area contributed by atoms with Gasteiger partial charge in [-0.3, -0.25) is 0 Å². The summed E-state index contributed by atoms with van der Waals surface area (Å²) in [6.07, 6.45) is 17.9. The number of hydrogen-bond acceptors (Lipinski definition) is 2. The normalized spacial score (nSPS) is 38.5. The number of allylic oxidation sites excluding steroid dienone is 3. The molecule has 0 radical (unpaired) electrons. The van der Waals surface area contributed by atoms with Crippen LogP contribution in [0.2, 0.25) is 0 Å². The Morgan fingerprint density at radius 2 is 2.03 bits per heavy atom. The van der Waals surface area contributed by atoms with Crippen LogP contribution in [0.1, 0.15) is 56.9 Å². The van der Waals surface area contributed by atoms with Crippen molar-refractivity contribution in [1.82, 2.24) is 0 Å². The minimum atomic E-state index is -1.05. The summed E-state index contributed by atoms with van der Waals surface area (Å²) in [6, 6.07) is 10.6. The van der Waals surface area contributed by atoms with E-state index in [-0.39, 0.29) is 11.5 Å². The van der Waals surface area contributed by atoms with E-state index >= 15 is 0 Å². The van der Waals surface area contributed by atoms with E-state index in [1.165, 1.54) is 37.7 Å². The van der Waals surface area contributed by atoms with Crippen molar-refractivity contribution in [3.05, 3.63) is 58.7 Å². The zero-order valence-electron chi connectivity index (χ0n) is 17.5. The van der Waals surface area contributed by atoms with Crippen LogP contribution >= 0.6 is 0 Å². The molecular formula is C27H32O2. The summed E-state index contributed by atoms with van der Waals surface area (Å²) in [4.78, 5) is 0. The Hall–Kier alpha value is -1.82. The molecule has 5 atom stereocenters. The van der Waals surface area contributed by atoms with Gasteiger partial charge in [0, 0.05) is 12.5 Å². The van der Waals surface area contributed by atoms with Gasteiger partial charge in [0.05, 0.1) is 6.10 Å². The maximum absolute atomic E-state index is 11.7. The van der Waals surface area contributed by atoms with E-state index in [1.54, 1.807) is 16.7 Å². The quantitative estimate of drug-likeness (QED) is 0.719. The molecule has 0 aliphatic heterocycles. The second-order valence-electron chi connectivity index (χ2n) is 9.60. The van der Waals surface area contributed by atoms with Crippen molar-refractivity contribution in [1.29, 1.82) is 0 Å². The molecule has 152 valence electrons. The first-order valence-corrected chi connectivity index (χ1v) is 11.3. The van der Waals surface area contributed by atoms with Crippen LogP contribution in [-0.2, 0) is 11.2 Å². The zero-order chi connectivity index (χ0) is 20.1. The third-order valence-electron chi connectivity index (χ3n) is 8.50. The SMILES string of the molecule is C#C[C@]1(O)CC[C@H]2[C@@H]3CCC4=CCCCC4=C3[C@@H](OC)C[C@@]21Cc1ccccc1. The molecule has 29 heavy (non-hydrogen) atoms. The maximum Gasteiger partial charge on any atom is 0.131 e. The summed E-state index contributed by atoms with van der Waals surface area (Å²) in [5.41, 5.74) is 4.62. The van der Waals surface area contributed by atoms with Crippen LogP contribution < -0.4 is 0 Å². The van der Waals surface area contributed by atoms with E-state index in [0.29, 0.717) is 18.3 Å². The minimum Gasteiger partial charge on any atom is -0.377 e. The molecule has 1 aromatic carbocycles. The summed E-state index contributed by atoms with van der Waals surface area (Å²) >= 11 is 0. The van der Waals surface area contributed by atoms with Gasteiger partial charge < -0.3 is 9.84 Å². The van der Waals surface area contributed by atoms with Gasteiger partial charge in [0.15, 0.2) is 0 Å². The lowest BCUT2D eigenvalue weighted by Crippen LogP contribution is -2.56. The molecule has 4 aliphatic rings. The Morgan fingerprint density at radius 3 is 2.79 bits per heavy atom. The molecule has 2 saturated carbocycles. The van der Waals surface area contributed by atoms with Gasteiger partial charge in [-0.25, -0.2) is 0 Å². The van der Waals surface area contributed by atoms with E-state index in [1.807, 2.05) is 7.11 Å². The summed E-state index contributed by atoms with van der Waals surface area (Å²) in [5, 5.41) is 11.7. The van der Waals surface area contributed by atoms with Crippen LogP contribution in [0.15, 0.2) is 53.1 Å². The smallest absolute Gasteiger partial charge is 0.131 e. The summed E-state index contributed by atoms with van der Waals surface area (Å²) in [6.45, 7) is 0. The minimum absolute atomic E-state index is 0.0646. The molecule has 2 nitrogen and oxygen atoms in total. The lowest BCUT2D eigenvalue weighted by molar-refractivity contribution is -0.0934. The van der Waals surface area contributed by atoms with Gasteiger partial charge in [-0.15, -0.1) is 6.42 Å². The highest BCUT2D eigenvalue weighted by Crippen LogP contribution is 2.65. The van der Waals surface area contributed by atoms with Crippen molar-refractivity contribution in [3.8, 4) is 12.3 Å². The summed E-state index contributed by atoms with van der Waals surface area (Å²) in [5.74, 6) is 3.79. The molecule has 2 heteroatoms. The van der Waals surface area contributed by atoms with Gasteiger partial charge in [-0.2, -0.15) is 0 Å². The predicted molar refractivity (Wildman–Crippen MR) is 116 cm³/mol. The van der Waals surface area contributed by atoms with Crippen molar-refractivity contribution < 1.29 is 9.84 Å². The Kier molecular flexibility index (Phi) is 4.72. The number of benzene rings is 1. The number of terminal acetylenes is 1. The van der Waals surface area contributed by atoms with E-state index in [0.717, 1.165) is 19.3 Å². The highest BCUT2D eigenvalue weighted by molar-refractivity contribution is 5.46. The van der Waals surface area contributed by atoms with Gasteiger partial charge in [-0.1, -0.05) is 42.3 Å². The monoisotopic (exact) mass is 388 g/mol. The molecule has 0 bridgehead atoms. The van der Waals surface area contributed by atoms with Gasteiger partial charge in [0.25, 0.3) is 0 Å². The number of fused-ring (bicyclic) bond motifs is 4. The van der Waals surface area contributed by atoms with Crippen molar-refractivity contribution >= 4 is 0 Å². The molecule has 0 unspecified atom stereocenters. The number of ether oxygens (including phenoxy) is 1. The Balaban J connectivity index is 1.64. The molecule has 5 rings (SSSR count). The standard InChI is InChI=1S/C27H32O2/c1-3-27(28)16-15-23-22-14-13-20-11-7-8-12-21(20)25(22)24(29-2)18-26(23,27)17-19-9-5-4-6-10-19/h1,4-6,9-11,22-24,28H,7-8,12-18H2,2H3/t22-,23-,24-,26-,27-/m0/s1. The molecule has 0 spiro atoms. The van der Waals surface area contributed by atoms with Crippen molar-refractivity contribution in [2.75, 3.05) is 7.11 Å². The first kappa shape index (κ1) is 19.2. The molecule has 0 aromatic heterocycles. The molecule has 4 aliphatic carbocycles. The number of methoxy groups -OCH3 is 1. The zero-order valence-corrected chi connectivity index (χ0v) is 17.5. The third-order valence-corrected chi connectivity index (χ3v) is 8.50. The lowest BCUT2D eigenvalue weighted by atomic mass is 9.52. The average molecular weight is 389 g/mol. The first-order chi connectivity index (χ1) is 14.1. The van der Waals surface area contributed by atoms with E-state index < -0.39 is 5.60 Å². The first-order valence-electron chi connectivity index (χ1n) is 11.3. The molecule has 1 aromatic rings. The lowest BCUT2D eigenvalue weighted by Gasteiger charge is -2.54. The van der Waals surface area contributed by atoms with E-state index in [2.05, 4.69) is 42.3 Å². The van der Waals surface area contributed by atoms with Gasteiger partial charge in [0.2, 0.25) is 0 Å². The fraction of sp³-hybridized carbons (Fsp3) is 0.556.